The molecule has 1 aliphatic carbocycles. The Morgan fingerprint density at radius 3 is 1.33 bits per heavy atom. The van der Waals surface area contributed by atoms with Crippen molar-refractivity contribution in [3.05, 3.63) is 0 Å². The van der Waals surface area contributed by atoms with Gasteiger partial charge in [0.1, 0.15) is 0 Å². The minimum absolute atomic E-state index is 0.0107. The zero-order valence-electron chi connectivity index (χ0n) is 11.5. The van der Waals surface area contributed by atoms with Crippen molar-refractivity contribution in [2.24, 2.45) is 11.8 Å². The Hall–Kier alpha value is -1.14. The lowest BCUT2D eigenvalue weighted by molar-refractivity contribution is -0.179. The molecule has 0 radical (unpaired) electrons. The monoisotopic (exact) mass is 258 g/mol. The minimum atomic E-state index is -0.0353. The Morgan fingerprint density at radius 2 is 1.11 bits per heavy atom. The number of carbonyl (C=O) groups is 2. The summed E-state index contributed by atoms with van der Waals surface area (Å²) in [4.78, 5) is 33.5. The van der Waals surface area contributed by atoms with Gasteiger partial charge in [0.2, 0.25) is 11.8 Å². The lowest BCUT2D eigenvalue weighted by Crippen LogP contribution is -2.38. The Kier molecular flexibility index (Phi) is 5.55. The highest BCUT2D eigenvalue weighted by molar-refractivity contribution is 5.80. The lowest BCUT2D eigenvalue weighted by Gasteiger charge is -2.30. The van der Waals surface area contributed by atoms with Crippen molar-refractivity contribution in [2.45, 2.75) is 25.7 Å². The SMILES string of the molecule is CON(C)C(=O)C1CCC(C(=O)N(C)OC)CC1. The third-order valence-corrected chi connectivity index (χ3v) is 3.59. The molecule has 0 N–H and O–H groups in total. The van der Waals surface area contributed by atoms with E-state index in [9.17, 15) is 9.59 Å². The van der Waals surface area contributed by atoms with E-state index in [4.69, 9.17) is 9.68 Å². The van der Waals surface area contributed by atoms with E-state index >= 15 is 0 Å². The summed E-state index contributed by atoms with van der Waals surface area (Å²) in [5.74, 6) is -0.0920. The molecule has 0 atom stereocenters. The third kappa shape index (κ3) is 3.43. The molecule has 0 aliphatic heterocycles. The predicted molar refractivity (Wildman–Crippen MR) is 65.0 cm³/mol. The molecule has 0 bridgehead atoms. The van der Waals surface area contributed by atoms with E-state index in [1.165, 1.54) is 24.3 Å². The van der Waals surface area contributed by atoms with Crippen LogP contribution in [0.2, 0.25) is 0 Å². The molecular formula is C12H22N2O4. The summed E-state index contributed by atoms with van der Waals surface area (Å²) in [5.41, 5.74) is 0. The first-order valence-electron chi connectivity index (χ1n) is 6.14. The molecule has 0 unspecified atom stereocenters. The first kappa shape index (κ1) is 14.9. The summed E-state index contributed by atoms with van der Waals surface area (Å²) in [6.45, 7) is 0. The second-order valence-electron chi connectivity index (χ2n) is 4.59. The van der Waals surface area contributed by atoms with Crippen LogP contribution in [0.3, 0.4) is 0 Å². The highest BCUT2D eigenvalue weighted by Crippen LogP contribution is 2.30. The Balaban J connectivity index is 2.46. The van der Waals surface area contributed by atoms with Crippen LogP contribution in [0.5, 0.6) is 0 Å². The standard InChI is InChI=1S/C12H22N2O4/c1-13(17-3)11(15)9-5-7-10(8-6-9)12(16)14(2)18-4/h9-10H,5-8H2,1-4H3. The number of hydroxylamine groups is 4. The van der Waals surface area contributed by atoms with Crippen LogP contribution in [0.15, 0.2) is 0 Å². The largest absolute Gasteiger partial charge is 0.275 e. The molecule has 1 rings (SSSR count). The zero-order chi connectivity index (χ0) is 13.7. The molecule has 0 aromatic rings. The van der Waals surface area contributed by atoms with Crippen LogP contribution in [-0.2, 0) is 19.3 Å². The maximum atomic E-state index is 11.9. The van der Waals surface area contributed by atoms with Crippen LogP contribution in [-0.4, -0.2) is 50.3 Å². The van der Waals surface area contributed by atoms with Gasteiger partial charge >= 0.3 is 0 Å². The predicted octanol–water partition coefficient (Wildman–Crippen LogP) is 0.832. The molecule has 104 valence electrons. The van der Waals surface area contributed by atoms with Crippen molar-refractivity contribution in [1.29, 1.82) is 0 Å². The van der Waals surface area contributed by atoms with Crippen LogP contribution >= 0.6 is 0 Å². The average Bonchev–Trinajstić information content (AvgIpc) is 2.44. The second-order valence-corrected chi connectivity index (χ2v) is 4.59. The normalized spacial score (nSPS) is 23.6. The van der Waals surface area contributed by atoms with E-state index in [0.717, 1.165) is 25.7 Å². The Labute approximate surface area is 108 Å². The second kappa shape index (κ2) is 6.70. The van der Waals surface area contributed by atoms with Crippen molar-refractivity contribution >= 4 is 11.8 Å². The third-order valence-electron chi connectivity index (χ3n) is 3.59. The summed E-state index contributed by atoms with van der Waals surface area (Å²) in [5, 5.41) is 2.52. The molecule has 0 saturated heterocycles. The van der Waals surface area contributed by atoms with Crippen LogP contribution in [0.25, 0.3) is 0 Å². The van der Waals surface area contributed by atoms with Crippen molar-refractivity contribution < 1.29 is 19.3 Å². The number of carbonyl (C=O) groups excluding carboxylic acids is 2. The molecule has 0 aromatic carbocycles. The van der Waals surface area contributed by atoms with Crippen LogP contribution < -0.4 is 0 Å². The molecule has 0 heterocycles. The molecule has 6 nitrogen and oxygen atoms in total. The molecular weight excluding hydrogens is 236 g/mol. The van der Waals surface area contributed by atoms with Gasteiger partial charge in [0.05, 0.1) is 14.2 Å². The first-order valence-corrected chi connectivity index (χ1v) is 6.14. The van der Waals surface area contributed by atoms with Crippen molar-refractivity contribution in [1.82, 2.24) is 10.1 Å². The number of hydrogen-bond donors (Lipinski definition) is 0. The zero-order valence-corrected chi connectivity index (χ0v) is 11.5. The van der Waals surface area contributed by atoms with E-state index < -0.39 is 0 Å². The van der Waals surface area contributed by atoms with Crippen LogP contribution in [0.1, 0.15) is 25.7 Å². The fraction of sp³-hybridized carbons (Fsp3) is 0.833. The maximum Gasteiger partial charge on any atom is 0.248 e. The van der Waals surface area contributed by atoms with Gasteiger partial charge in [-0.15, -0.1) is 0 Å². The van der Waals surface area contributed by atoms with Gasteiger partial charge in [0.25, 0.3) is 0 Å². The smallest absolute Gasteiger partial charge is 0.248 e. The van der Waals surface area contributed by atoms with Crippen molar-refractivity contribution in [2.75, 3.05) is 28.3 Å². The quantitative estimate of drug-likeness (QED) is 0.701. The van der Waals surface area contributed by atoms with E-state index in [1.807, 2.05) is 0 Å². The topological polar surface area (TPSA) is 59.1 Å². The van der Waals surface area contributed by atoms with Gasteiger partial charge < -0.3 is 0 Å². The van der Waals surface area contributed by atoms with E-state index in [2.05, 4.69) is 0 Å². The highest BCUT2D eigenvalue weighted by Gasteiger charge is 2.32. The number of nitrogens with zero attached hydrogens (tertiary/aromatic N) is 2. The van der Waals surface area contributed by atoms with Gasteiger partial charge in [-0.3, -0.25) is 19.3 Å². The van der Waals surface area contributed by atoms with Gasteiger partial charge in [-0.2, -0.15) is 0 Å². The highest BCUT2D eigenvalue weighted by atomic mass is 16.7. The Morgan fingerprint density at radius 1 is 0.833 bits per heavy atom. The molecule has 2 amide bonds. The number of amides is 2. The van der Waals surface area contributed by atoms with Crippen molar-refractivity contribution in [3.8, 4) is 0 Å². The fourth-order valence-electron chi connectivity index (χ4n) is 2.28. The van der Waals surface area contributed by atoms with Gasteiger partial charge in [0.15, 0.2) is 0 Å². The number of hydrogen-bond acceptors (Lipinski definition) is 4. The molecule has 1 aliphatic rings. The first-order chi connectivity index (χ1) is 8.51. The van der Waals surface area contributed by atoms with Gasteiger partial charge in [0, 0.05) is 25.9 Å². The van der Waals surface area contributed by atoms with Crippen LogP contribution in [0.4, 0.5) is 0 Å². The molecule has 0 spiro atoms. The van der Waals surface area contributed by atoms with Gasteiger partial charge in [-0.25, -0.2) is 10.1 Å². The lowest BCUT2D eigenvalue weighted by atomic mass is 9.81. The van der Waals surface area contributed by atoms with E-state index in [-0.39, 0.29) is 23.7 Å². The summed E-state index contributed by atoms with van der Waals surface area (Å²) < 4.78 is 0. The van der Waals surface area contributed by atoms with Gasteiger partial charge in [-0.1, -0.05) is 0 Å². The molecule has 0 aromatic heterocycles. The molecule has 6 heteroatoms. The molecule has 18 heavy (non-hydrogen) atoms. The van der Waals surface area contributed by atoms with E-state index in [0.29, 0.717) is 0 Å². The summed E-state index contributed by atoms with van der Waals surface area (Å²) in [7, 11) is 6.16. The summed E-state index contributed by atoms with van der Waals surface area (Å²) >= 11 is 0. The summed E-state index contributed by atoms with van der Waals surface area (Å²) in [6, 6.07) is 0. The van der Waals surface area contributed by atoms with Gasteiger partial charge in [-0.05, 0) is 25.7 Å². The molecule has 1 saturated carbocycles. The van der Waals surface area contributed by atoms with Crippen molar-refractivity contribution in [3.63, 3.8) is 0 Å². The maximum absolute atomic E-state index is 11.9. The van der Waals surface area contributed by atoms with E-state index in [1.54, 1.807) is 14.1 Å². The Bertz CT molecular complexity index is 270. The average molecular weight is 258 g/mol. The minimum Gasteiger partial charge on any atom is -0.275 e. The summed E-state index contributed by atoms with van der Waals surface area (Å²) in [6.07, 6.45) is 2.89. The number of rotatable bonds is 4. The molecule has 1 fully saturated rings. The van der Waals surface area contributed by atoms with Crippen LogP contribution in [0, 0.1) is 11.8 Å². The fourth-order valence-corrected chi connectivity index (χ4v) is 2.28.